The first-order valence-corrected chi connectivity index (χ1v) is 3.78. The van der Waals surface area contributed by atoms with Crippen molar-refractivity contribution in [1.29, 1.82) is 0 Å². The van der Waals surface area contributed by atoms with Crippen LogP contribution in [0.5, 0.6) is 0 Å². The van der Waals surface area contributed by atoms with E-state index in [1.807, 2.05) is 44.3 Å². The number of nitrogens with one attached hydrogen (secondary N) is 1. The van der Waals surface area contributed by atoms with E-state index in [2.05, 4.69) is 5.32 Å². The summed E-state index contributed by atoms with van der Waals surface area (Å²) in [4.78, 5) is 0. The van der Waals surface area contributed by atoms with Crippen molar-refractivity contribution >= 4 is 5.69 Å². The summed E-state index contributed by atoms with van der Waals surface area (Å²) in [5, 5.41) is 3.03. The van der Waals surface area contributed by atoms with Gasteiger partial charge in [-0.1, -0.05) is 25.1 Å². The highest BCUT2D eigenvalue weighted by atomic mass is 14.8. The molecule has 1 aromatic carbocycles. The summed E-state index contributed by atoms with van der Waals surface area (Å²) in [5.41, 5.74) is 6.01. The quantitative estimate of drug-likeness (QED) is 0.642. The molecule has 0 fully saturated rings. The number of benzene rings is 1. The zero-order valence-corrected chi connectivity index (χ0v) is 7.17. The monoisotopic (exact) mass is 152 g/mol. The molecule has 62 valence electrons. The fourth-order valence-corrected chi connectivity index (χ4v) is 0.605. The smallest absolute Gasteiger partial charge is 0.0337 e. The molecule has 0 aliphatic carbocycles. The maximum Gasteiger partial charge on any atom is 0.0337 e. The molecule has 0 saturated heterocycles. The molecule has 3 N–H and O–H groups in total. The van der Waals surface area contributed by atoms with Crippen LogP contribution in [0.3, 0.4) is 0 Å². The fraction of sp³-hybridized carbons (Fsp3) is 0.333. The molecular formula is C9H16N2. The van der Waals surface area contributed by atoms with Gasteiger partial charge in [0.2, 0.25) is 0 Å². The molecule has 0 aliphatic heterocycles. The van der Waals surface area contributed by atoms with Crippen molar-refractivity contribution in [2.24, 2.45) is 5.73 Å². The van der Waals surface area contributed by atoms with Crippen LogP contribution in [-0.4, -0.2) is 13.6 Å². The molecule has 11 heavy (non-hydrogen) atoms. The van der Waals surface area contributed by atoms with E-state index in [0.29, 0.717) is 0 Å². The fourth-order valence-electron chi connectivity index (χ4n) is 0.605. The van der Waals surface area contributed by atoms with Crippen LogP contribution in [0.25, 0.3) is 0 Å². The van der Waals surface area contributed by atoms with Crippen LogP contribution in [0, 0.1) is 0 Å². The second-order valence-electron chi connectivity index (χ2n) is 2.02. The van der Waals surface area contributed by atoms with Crippen LogP contribution in [0.4, 0.5) is 5.69 Å². The first-order chi connectivity index (χ1) is 5.35. The zero-order valence-electron chi connectivity index (χ0n) is 7.17. The third-order valence-corrected chi connectivity index (χ3v) is 1.06. The number of anilines is 1. The number of nitrogens with two attached hydrogens (primary N) is 1. The minimum absolute atomic E-state index is 0.750. The van der Waals surface area contributed by atoms with Crippen LogP contribution in [0.1, 0.15) is 6.92 Å². The second kappa shape index (κ2) is 7.09. The van der Waals surface area contributed by atoms with Gasteiger partial charge in [-0.3, -0.25) is 0 Å². The Labute approximate surface area is 68.4 Å². The SMILES string of the molecule is CCN.CNc1ccccc1. The minimum Gasteiger partial charge on any atom is -0.388 e. The van der Waals surface area contributed by atoms with Gasteiger partial charge in [0, 0.05) is 12.7 Å². The van der Waals surface area contributed by atoms with Gasteiger partial charge in [0.25, 0.3) is 0 Å². The summed E-state index contributed by atoms with van der Waals surface area (Å²) in [6, 6.07) is 10.1. The predicted molar refractivity (Wildman–Crippen MR) is 50.7 cm³/mol. The molecule has 2 heteroatoms. The van der Waals surface area contributed by atoms with Crippen molar-refractivity contribution in [3.8, 4) is 0 Å². The summed E-state index contributed by atoms with van der Waals surface area (Å²) in [6.45, 7) is 2.65. The van der Waals surface area contributed by atoms with E-state index in [9.17, 15) is 0 Å². The van der Waals surface area contributed by atoms with Gasteiger partial charge in [0.15, 0.2) is 0 Å². The lowest BCUT2D eigenvalue weighted by molar-refractivity contribution is 1.14. The average Bonchev–Trinajstić information content (AvgIpc) is 2.08. The van der Waals surface area contributed by atoms with Gasteiger partial charge >= 0.3 is 0 Å². The Morgan fingerprint density at radius 3 is 2.00 bits per heavy atom. The van der Waals surface area contributed by atoms with Gasteiger partial charge in [-0.25, -0.2) is 0 Å². The Morgan fingerprint density at radius 2 is 1.73 bits per heavy atom. The van der Waals surface area contributed by atoms with E-state index in [1.54, 1.807) is 0 Å². The van der Waals surface area contributed by atoms with E-state index in [4.69, 9.17) is 5.73 Å². The topological polar surface area (TPSA) is 38.0 Å². The van der Waals surface area contributed by atoms with Crippen LogP contribution < -0.4 is 11.1 Å². The maximum atomic E-state index is 4.85. The zero-order chi connectivity index (χ0) is 8.53. The van der Waals surface area contributed by atoms with Crippen LogP contribution in [-0.2, 0) is 0 Å². The highest BCUT2D eigenvalue weighted by Gasteiger charge is 1.77. The molecule has 1 rings (SSSR count). The third kappa shape index (κ3) is 5.43. The minimum atomic E-state index is 0.750. The Balaban J connectivity index is 0.000000292. The number of hydrogen-bond donors (Lipinski definition) is 2. The maximum absolute atomic E-state index is 4.85. The van der Waals surface area contributed by atoms with Crippen molar-refractivity contribution < 1.29 is 0 Å². The molecule has 0 unspecified atom stereocenters. The summed E-state index contributed by atoms with van der Waals surface area (Å²) < 4.78 is 0. The average molecular weight is 152 g/mol. The standard InChI is InChI=1S/C7H9N.C2H7N/c1-8-7-5-3-2-4-6-7;1-2-3/h2-6,8H,1H3;2-3H2,1H3. The molecule has 0 amide bonds. The number of para-hydroxylation sites is 1. The van der Waals surface area contributed by atoms with E-state index in [1.165, 1.54) is 0 Å². The second-order valence-corrected chi connectivity index (χ2v) is 2.02. The highest BCUT2D eigenvalue weighted by Crippen LogP contribution is 2.01. The lowest BCUT2D eigenvalue weighted by Crippen LogP contribution is -1.87. The number of hydrogen-bond acceptors (Lipinski definition) is 2. The van der Waals surface area contributed by atoms with Crippen molar-refractivity contribution in [2.45, 2.75) is 6.92 Å². The van der Waals surface area contributed by atoms with Gasteiger partial charge in [-0.2, -0.15) is 0 Å². The van der Waals surface area contributed by atoms with E-state index >= 15 is 0 Å². The van der Waals surface area contributed by atoms with Crippen LogP contribution in [0.2, 0.25) is 0 Å². The first-order valence-electron chi connectivity index (χ1n) is 3.78. The molecule has 1 aromatic rings. The summed E-state index contributed by atoms with van der Waals surface area (Å²) >= 11 is 0. The van der Waals surface area contributed by atoms with E-state index in [0.717, 1.165) is 12.2 Å². The largest absolute Gasteiger partial charge is 0.388 e. The van der Waals surface area contributed by atoms with Crippen LogP contribution in [0.15, 0.2) is 30.3 Å². The van der Waals surface area contributed by atoms with Gasteiger partial charge in [0.05, 0.1) is 0 Å². The van der Waals surface area contributed by atoms with Crippen molar-refractivity contribution in [3.63, 3.8) is 0 Å². The van der Waals surface area contributed by atoms with Crippen molar-refractivity contribution in [3.05, 3.63) is 30.3 Å². The predicted octanol–water partition coefficient (Wildman–Crippen LogP) is 1.69. The molecule has 0 spiro atoms. The number of rotatable bonds is 1. The third-order valence-electron chi connectivity index (χ3n) is 1.06. The van der Waals surface area contributed by atoms with E-state index < -0.39 is 0 Å². The van der Waals surface area contributed by atoms with Gasteiger partial charge in [0.1, 0.15) is 0 Å². The summed E-state index contributed by atoms with van der Waals surface area (Å²) in [7, 11) is 1.91. The lowest BCUT2D eigenvalue weighted by Gasteiger charge is -1.94. The van der Waals surface area contributed by atoms with Crippen molar-refractivity contribution in [1.82, 2.24) is 0 Å². The first kappa shape index (κ1) is 9.98. The Kier molecular flexibility index (Phi) is 6.43. The molecule has 0 aromatic heterocycles. The molecule has 0 bridgehead atoms. The van der Waals surface area contributed by atoms with E-state index in [-0.39, 0.29) is 0 Å². The molecule has 0 saturated carbocycles. The van der Waals surface area contributed by atoms with Crippen LogP contribution >= 0.6 is 0 Å². The van der Waals surface area contributed by atoms with Gasteiger partial charge in [-0.05, 0) is 18.7 Å². The molecule has 0 heterocycles. The Bertz CT molecular complexity index is 160. The molecular weight excluding hydrogens is 136 g/mol. The molecule has 0 radical (unpaired) electrons. The highest BCUT2D eigenvalue weighted by molar-refractivity contribution is 5.41. The Morgan fingerprint density at radius 1 is 1.27 bits per heavy atom. The lowest BCUT2D eigenvalue weighted by atomic mass is 10.3. The normalized spacial score (nSPS) is 7.91. The Hall–Kier alpha value is -1.02. The summed E-state index contributed by atoms with van der Waals surface area (Å²) in [5.74, 6) is 0. The molecule has 0 aliphatic rings. The van der Waals surface area contributed by atoms with Gasteiger partial charge < -0.3 is 11.1 Å². The van der Waals surface area contributed by atoms with Crippen molar-refractivity contribution in [2.75, 3.05) is 18.9 Å². The molecule has 0 atom stereocenters. The summed E-state index contributed by atoms with van der Waals surface area (Å²) in [6.07, 6.45) is 0. The van der Waals surface area contributed by atoms with Gasteiger partial charge in [-0.15, -0.1) is 0 Å². The molecule has 2 nitrogen and oxygen atoms in total.